The SMILES string of the molecule is CSNC(=O)C1CCC(NC(=O)c2cc3c(Cl)c(Cl)ccc3n2C)CC1. The first-order valence-electron chi connectivity index (χ1n) is 8.49. The number of nitrogens with one attached hydrogen (secondary N) is 2. The molecule has 8 heteroatoms. The number of carbonyl (C=O) groups excluding carboxylic acids is 2. The summed E-state index contributed by atoms with van der Waals surface area (Å²) in [6.45, 7) is 0. The van der Waals surface area contributed by atoms with Crippen molar-refractivity contribution in [1.82, 2.24) is 14.6 Å². The monoisotopic (exact) mass is 413 g/mol. The van der Waals surface area contributed by atoms with Gasteiger partial charge in [0.2, 0.25) is 5.91 Å². The standard InChI is InChI=1S/C18H21Cl2N3O2S/c1-23-14-8-7-13(19)16(20)12(14)9-15(23)18(25)21-11-5-3-10(4-6-11)17(24)22-26-2/h7-11H,3-6H2,1-2H3,(H,21,25)(H,22,24). The number of nitrogens with zero attached hydrogens (tertiary/aromatic N) is 1. The quantitative estimate of drug-likeness (QED) is 0.739. The van der Waals surface area contributed by atoms with Gasteiger partial charge in [0.25, 0.3) is 5.91 Å². The maximum absolute atomic E-state index is 12.7. The lowest BCUT2D eigenvalue weighted by molar-refractivity contribution is -0.124. The Bertz CT molecular complexity index is 845. The Labute approximate surface area is 166 Å². The number of halogens is 2. The third-order valence-corrected chi connectivity index (χ3v) is 6.21. The second-order valence-electron chi connectivity index (χ2n) is 6.58. The predicted octanol–water partition coefficient (Wildman–Crippen LogP) is 4.17. The van der Waals surface area contributed by atoms with Gasteiger partial charge in [-0.25, -0.2) is 0 Å². The van der Waals surface area contributed by atoms with Crippen LogP contribution < -0.4 is 10.0 Å². The van der Waals surface area contributed by atoms with Crippen LogP contribution in [0.1, 0.15) is 36.2 Å². The number of hydrogen-bond donors (Lipinski definition) is 2. The largest absolute Gasteiger partial charge is 0.348 e. The Morgan fingerprint density at radius 1 is 1.19 bits per heavy atom. The summed E-state index contributed by atoms with van der Waals surface area (Å²) >= 11 is 13.7. The normalized spacial score (nSPS) is 20.2. The van der Waals surface area contributed by atoms with Crippen molar-refractivity contribution in [2.45, 2.75) is 31.7 Å². The minimum absolute atomic E-state index is 0.0363. The van der Waals surface area contributed by atoms with Crippen LogP contribution in [-0.2, 0) is 11.8 Å². The minimum Gasteiger partial charge on any atom is -0.348 e. The average molecular weight is 414 g/mol. The van der Waals surface area contributed by atoms with E-state index in [-0.39, 0.29) is 23.8 Å². The number of hydrogen-bond acceptors (Lipinski definition) is 3. The molecule has 1 aliphatic carbocycles. The summed E-state index contributed by atoms with van der Waals surface area (Å²) in [6, 6.07) is 5.44. The van der Waals surface area contributed by atoms with Crippen molar-refractivity contribution in [3.8, 4) is 0 Å². The molecule has 5 nitrogen and oxygen atoms in total. The van der Waals surface area contributed by atoms with Crippen molar-refractivity contribution in [1.29, 1.82) is 0 Å². The summed E-state index contributed by atoms with van der Waals surface area (Å²) in [7, 11) is 1.84. The number of benzene rings is 1. The lowest BCUT2D eigenvalue weighted by atomic mass is 9.85. The number of carbonyl (C=O) groups is 2. The average Bonchev–Trinajstić information content (AvgIpc) is 2.96. The van der Waals surface area contributed by atoms with E-state index < -0.39 is 0 Å². The lowest BCUT2D eigenvalue weighted by Crippen LogP contribution is -2.40. The molecule has 3 rings (SSSR count). The van der Waals surface area contributed by atoms with Crippen molar-refractivity contribution in [2.24, 2.45) is 13.0 Å². The number of fused-ring (bicyclic) bond motifs is 1. The van der Waals surface area contributed by atoms with Gasteiger partial charge in [-0.1, -0.05) is 35.1 Å². The molecule has 2 aromatic rings. The maximum Gasteiger partial charge on any atom is 0.268 e. The van der Waals surface area contributed by atoms with Gasteiger partial charge in [0.15, 0.2) is 0 Å². The van der Waals surface area contributed by atoms with Crippen LogP contribution in [0.25, 0.3) is 10.9 Å². The van der Waals surface area contributed by atoms with Crippen molar-refractivity contribution in [2.75, 3.05) is 6.26 Å². The predicted molar refractivity (Wildman–Crippen MR) is 108 cm³/mol. The molecule has 2 N–H and O–H groups in total. The van der Waals surface area contributed by atoms with E-state index in [9.17, 15) is 9.59 Å². The van der Waals surface area contributed by atoms with Crippen molar-refractivity contribution >= 4 is 57.9 Å². The van der Waals surface area contributed by atoms with Crippen LogP contribution in [0.2, 0.25) is 10.0 Å². The molecule has 0 bridgehead atoms. The molecule has 0 aliphatic heterocycles. The van der Waals surface area contributed by atoms with Gasteiger partial charge in [-0.3, -0.25) is 9.59 Å². The van der Waals surface area contributed by atoms with Gasteiger partial charge in [-0.15, -0.1) is 0 Å². The second kappa shape index (κ2) is 8.11. The second-order valence-corrected chi connectivity index (χ2v) is 7.97. The summed E-state index contributed by atoms with van der Waals surface area (Å²) in [5.74, 6) is -0.00967. The van der Waals surface area contributed by atoms with Crippen LogP contribution in [0.3, 0.4) is 0 Å². The molecular formula is C18H21Cl2N3O2S. The molecule has 0 atom stereocenters. The molecule has 0 spiro atoms. The fourth-order valence-electron chi connectivity index (χ4n) is 3.51. The molecule has 1 aromatic carbocycles. The van der Waals surface area contributed by atoms with E-state index in [0.717, 1.165) is 36.6 Å². The summed E-state index contributed by atoms with van der Waals surface area (Å²) in [5, 5.41) is 4.79. The Hall–Kier alpha value is -1.37. The first kappa shape index (κ1) is 19.4. The smallest absolute Gasteiger partial charge is 0.268 e. The first-order valence-corrected chi connectivity index (χ1v) is 10.5. The Kier molecular flexibility index (Phi) is 6.05. The van der Waals surface area contributed by atoms with Gasteiger partial charge < -0.3 is 14.6 Å². The van der Waals surface area contributed by atoms with Crippen LogP contribution in [0.15, 0.2) is 18.2 Å². The molecule has 0 unspecified atom stereocenters. The third kappa shape index (κ3) is 3.82. The van der Waals surface area contributed by atoms with Gasteiger partial charge in [-0.2, -0.15) is 0 Å². The topological polar surface area (TPSA) is 63.1 Å². The fourth-order valence-corrected chi connectivity index (χ4v) is 4.26. The highest BCUT2D eigenvalue weighted by atomic mass is 35.5. The van der Waals surface area contributed by atoms with Crippen molar-refractivity contribution < 1.29 is 9.59 Å². The fraction of sp³-hybridized carbons (Fsp3) is 0.444. The van der Waals surface area contributed by atoms with Gasteiger partial charge >= 0.3 is 0 Å². The van der Waals surface area contributed by atoms with Crippen LogP contribution >= 0.6 is 35.1 Å². The minimum atomic E-state index is -0.132. The van der Waals surface area contributed by atoms with E-state index >= 15 is 0 Å². The molecule has 1 aliphatic rings. The third-order valence-electron chi connectivity index (χ3n) is 4.98. The zero-order chi connectivity index (χ0) is 18.8. The maximum atomic E-state index is 12.7. The molecule has 140 valence electrons. The molecule has 1 heterocycles. The van der Waals surface area contributed by atoms with Gasteiger partial charge in [-0.05, 0) is 43.9 Å². The lowest BCUT2D eigenvalue weighted by Gasteiger charge is -2.28. The zero-order valence-electron chi connectivity index (χ0n) is 14.6. The first-order chi connectivity index (χ1) is 12.4. The number of aromatic nitrogens is 1. The molecule has 1 aromatic heterocycles. The van der Waals surface area contributed by atoms with Gasteiger partial charge in [0.1, 0.15) is 5.69 Å². The van der Waals surface area contributed by atoms with Crippen molar-refractivity contribution in [3.05, 3.63) is 33.9 Å². The summed E-state index contributed by atoms with van der Waals surface area (Å²) < 4.78 is 4.62. The van der Waals surface area contributed by atoms with Crippen LogP contribution in [0.5, 0.6) is 0 Å². The van der Waals surface area contributed by atoms with Crippen LogP contribution in [-0.4, -0.2) is 28.7 Å². The molecule has 2 amide bonds. The van der Waals surface area contributed by atoms with Crippen LogP contribution in [0, 0.1) is 5.92 Å². The van der Waals surface area contributed by atoms with E-state index in [4.69, 9.17) is 23.2 Å². The van der Waals surface area contributed by atoms with E-state index in [1.165, 1.54) is 11.9 Å². The van der Waals surface area contributed by atoms with Crippen LogP contribution in [0.4, 0.5) is 0 Å². The van der Waals surface area contributed by atoms with E-state index in [2.05, 4.69) is 10.0 Å². The number of amides is 2. The highest BCUT2D eigenvalue weighted by Gasteiger charge is 2.28. The van der Waals surface area contributed by atoms with Gasteiger partial charge in [0.05, 0.1) is 10.0 Å². The molecule has 26 heavy (non-hydrogen) atoms. The van der Waals surface area contributed by atoms with E-state index in [0.29, 0.717) is 15.7 Å². The highest BCUT2D eigenvalue weighted by Crippen LogP contribution is 2.32. The van der Waals surface area contributed by atoms with Gasteiger partial charge in [0, 0.05) is 36.2 Å². The molecule has 0 radical (unpaired) electrons. The number of aryl methyl sites for hydroxylation is 1. The van der Waals surface area contributed by atoms with Crippen molar-refractivity contribution in [3.63, 3.8) is 0 Å². The zero-order valence-corrected chi connectivity index (χ0v) is 17.0. The summed E-state index contributed by atoms with van der Waals surface area (Å²) in [4.78, 5) is 24.6. The molecule has 1 fully saturated rings. The summed E-state index contributed by atoms with van der Waals surface area (Å²) in [6.07, 6.45) is 5.01. The highest BCUT2D eigenvalue weighted by molar-refractivity contribution is 7.97. The molecular weight excluding hydrogens is 393 g/mol. The summed E-state index contributed by atoms with van der Waals surface area (Å²) in [5.41, 5.74) is 1.41. The molecule has 1 saturated carbocycles. The molecule has 0 saturated heterocycles. The Balaban J connectivity index is 1.68. The Morgan fingerprint density at radius 3 is 2.54 bits per heavy atom. The Morgan fingerprint density at radius 2 is 1.88 bits per heavy atom. The van der Waals surface area contributed by atoms with E-state index in [1.807, 2.05) is 23.9 Å². The van der Waals surface area contributed by atoms with E-state index in [1.54, 1.807) is 12.1 Å². The number of rotatable bonds is 4.